The lowest BCUT2D eigenvalue weighted by molar-refractivity contribution is -0.122. The van der Waals surface area contributed by atoms with Gasteiger partial charge in [0.15, 0.2) is 0 Å². The number of fused-ring (bicyclic) bond motifs is 1. The van der Waals surface area contributed by atoms with Crippen molar-refractivity contribution in [3.8, 4) is 0 Å². The molecule has 3 rings (SSSR count). The van der Waals surface area contributed by atoms with Crippen LogP contribution in [0.25, 0.3) is 10.8 Å². The number of hydrogen-bond acceptors (Lipinski definition) is 1. The summed E-state index contributed by atoms with van der Waals surface area (Å²) in [6.07, 6.45) is 2.26. The smallest absolute Gasteiger partial charge is 0.227 e. The third-order valence-electron chi connectivity index (χ3n) is 3.66. The fourth-order valence-corrected chi connectivity index (χ4v) is 2.83. The number of amides is 1. The highest BCUT2D eigenvalue weighted by atomic mass is 127. The zero-order valence-corrected chi connectivity index (χ0v) is 13.0. The van der Waals surface area contributed by atoms with Crippen molar-refractivity contribution < 1.29 is 4.79 Å². The maximum atomic E-state index is 12.2. The summed E-state index contributed by atoms with van der Waals surface area (Å²) in [4.78, 5) is 12.2. The van der Waals surface area contributed by atoms with Gasteiger partial charge in [-0.25, -0.2) is 0 Å². The van der Waals surface area contributed by atoms with Gasteiger partial charge in [0.05, 0.1) is 5.92 Å². The van der Waals surface area contributed by atoms with Gasteiger partial charge in [0.1, 0.15) is 0 Å². The summed E-state index contributed by atoms with van der Waals surface area (Å²) in [6.45, 7) is 1.99. The molecule has 3 heteroatoms. The van der Waals surface area contributed by atoms with Crippen LogP contribution in [0.5, 0.6) is 0 Å². The van der Waals surface area contributed by atoms with Gasteiger partial charge < -0.3 is 5.32 Å². The molecule has 2 aromatic carbocycles. The lowest BCUT2D eigenvalue weighted by atomic mass is 9.94. The van der Waals surface area contributed by atoms with Crippen molar-refractivity contribution in [2.45, 2.75) is 31.7 Å². The second-order valence-electron chi connectivity index (χ2n) is 5.22. The third kappa shape index (κ3) is 2.76. The standard InChI is InChI=1S/C16H16INO/c1-10(16(19)18-13-7-8-13)14-4-2-3-11-5-6-12(17)9-15(11)14/h2-6,9-10,13H,7-8H2,1H3,(H,18,19). The Balaban J connectivity index is 1.98. The molecule has 1 amide bonds. The van der Waals surface area contributed by atoms with E-state index in [1.807, 2.05) is 13.0 Å². The van der Waals surface area contributed by atoms with E-state index in [4.69, 9.17) is 0 Å². The summed E-state index contributed by atoms with van der Waals surface area (Å²) in [5.41, 5.74) is 1.12. The predicted molar refractivity (Wildman–Crippen MR) is 86.2 cm³/mol. The van der Waals surface area contributed by atoms with Crippen LogP contribution in [-0.4, -0.2) is 11.9 Å². The minimum atomic E-state index is -0.0949. The Morgan fingerprint density at radius 2 is 2.11 bits per heavy atom. The second-order valence-corrected chi connectivity index (χ2v) is 6.46. The summed E-state index contributed by atoms with van der Waals surface area (Å²) in [7, 11) is 0. The molecule has 1 unspecified atom stereocenters. The van der Waals surface area contributed by atoms with Crippen molar-refractivity contribution in [1.82, 2.24) is 5.32 Å². The van der Waals surface area contributed by atoms with E-state index < -0.39 is 0 Å². The largest absolute Gasteiger partial charge is 0.353 e. The van der Waals surface area contributed by atoms with Gasteiger partial charge in [-0.05, 0) is 70.8 Å². The van der Waals surface area contributed by atoms with E-state index in [-0.39, 0.29) is 11.8 Å². The maximum Gasteiger partial charge on any atom is 0.227 e. The van der Waals surface area contributed by atoms with E-state index in [2.05, 4.69) is 58.2 Å². The minimum absolute atomic E-state index is 0.0949. The molecule has 1 saturated carbocycles. The first-order valence-electron chi connectivity index (χ1n) is 6.64. The van der Waals surface area contributed by atoms with Gasteiger partial charge in [0.25, 0.3) is 0 Å². The van der Waals surface area contributed by atoms with Crippen LogP contribution in [0.15, 0.2) is 36.4 Å². The molecular weight excluding hydrogens is 349 g/mol. The topological polar surface area (TPSA) is 29.1 Å². The molecule has 98 valence electrons. The molecule has 0 aromatic heterocycles. The first-order chi connectivity index (χ1) is 9.15. The fraction of sp³-hybridized carbons (Fsp3) is 0.312. The Hall–Kier alpha value is -1.10. The van der Waals surface area contributed by atoms with Crippen molar-refractivity contribution in [3.05, 3.63) is 45.5 Å². The molecular formula is C16H16INO. The lowest BCUT2D eigenvalue weighted by Crippen LogP contribution is -2.29. The molecule has 19 heavy (non-hydrogen) atoms. The molecule has 0 bridgehead atoms. The molecule has 0 spiro atoms. The minimum Gasteiger partial charge on any atom is -0.353 e. The average Bonchev–Trinajstić information content (AvgIpc) is 3.21. The Morgan fingerprint density at radius 3 is 2.84 bits per heavy atom. The molecule has 1 aliphatic rings. The van der Waals surface area contributed by atoms with Crippen molar-refractivity contribution >= 4 is 39.3 Å². The second kappa shape index (κ2) is 5.12. The van der Waals surface area contributed by atoms with Crippen LogP contribution in [0.2, 0.25) is 0 Å². The number of benzene rings is 2. The molecule has 0 heterocycles. The van der Waals surface area contributed by atoms with Crippen LogP contribution in [-0.2, 0) is 4.79 Å². The van der Waals surface area contributed by atoms with E-state index in [0.717, 1.165) is 18.4 Å². The quantitative estimate of drug-likeness (QED) is 0.824. The molecule has 1 N–H and O–H groups in total. The van der Waals surface area contributed by atoms with Crippen LogP contribution in [0.3, 0.4) is 0 Å². The van der Waals surface area contributed by atoms with Crippen molar-refractivity contribution in [1.29, 1.82) is 0 Å². The molecule has 0 radical (unpaired) electrons. The van der Waals surface area contributed by atoms with Crippen LogP contribution >= 0.6 is 22.6 Å². The van der Waals surface area contributed by atoms with E-state index in [9.17, 15) is 4.79 Å². The fourth-order valence-electron chi connectivity index (χ4n) is 2.34. The molecule has 1 aliphatic carbocycles. The van der Waals surface area contributed by atoms with E-state index in [1.54, 1.807) is 0 Å². The maximum absolute atomic E-state index is 12.2. The average molecular weight is 365 g/mol. The number of nitrogens with one attached hydrogen (secondary N) is 1. The monoisotopic (exact) mass is 365 g/mol. The SMILES string of the molecule is CC(C(=O)NC1CC1)c1cccc2ccc(I)cc12. The van der Waals surface area contributed by atoms with Crippen molar-refractivity contribution in [3.63, 3.8) is 0 Å². The molecule has 1 atom stereocenters. The summed E-state index contributed by atoms with van der Waals surface area (Å²) in [5.74, 6) is 0.0522. The predicted octanol–water partition coefficient (Wildman–Crippen LogP) is 3.83. The molecule has 2 nitrogen and oxygen atoms in total. The van der Waals surface area contributed by atoms with Crippen molar-refractivity contribution in [2.75, 3.05) is 0 Å². The van der Waals surface area contributed by atoms with Gasteiger partial charge in [-0.3, -0.25) is 4.79 Å². The normalized spacial score (nSPS) is 16.3. The molecule has 0 aliphatic heterocycles. The third-order valence-corrected chi connectivity index (χ3v) is 4.33. The van der Waals surface area contributed by atoms with Gasteiger partial charge in [-0.1, -0.05) is 24.3 Å². The van der Waals surface area contributed by atoms with Crippen LogP contribution in [0.1, 0.15) is 31.2 Å². The Labute approximate surface area is 126 Å². The van der Waals surface area contributed by atoms with Gasteiger partial charge in [-0.15, -0.1) is 0 Å². The van der Waals surface area contributed by atoms with Crippen LogP contribution in [0.4, 0.5) is 0 Å². The van der Waals surface area contributed by atoms with E-state index >= 15 is 0 Å². The summed E-state index contributed by atoms with van der Waals surface area (Å²) in [6, 6.07) is 13.0. The molecule has 1 fully saturated rings. The zero-order chi connectivity index (χ0) is 13.4. The summed E-state index contributed by atoms with van der Waals surface area (Å²) in [5, 5.41) is 5.48. The van der Waals surface area contributed by atoms with E-state index in [1.165, 1.54) is 14.3 Å². The molecule has 0 saturated heterocycles. The van der Waals surface area contributed by atoms with Gasteiger partial charge in [0.2, 0.25) is 5.91 Å². The highest BCUT2D eigenvalue weighted by Crippen LogP contribution is 2.28. The first-order valence-corrected chi connectivity index (χ1v) is 7.71. The van der Waals surface area contributed by atoms with Gasteiger partial charge >= 0.3 is 0 Å². The van der Waals surface area contributed by atoms with E-state index in [0.29, 0.717) is 6.04 Å². The molecule has 2 aromatic rings. The number of carbonyl (C=O) groups excluding carboxylic acids is 1. The zero-order valence-electron chi connectivity index (χ0n) is 10.8. The number of carbonyl (C=O) groups is 1. The number of halogens is 1. The van der Waals surface area contributed by atoms with Gasteiger partial charge in [0, 0.05) is 9.61 Å². The first kappa shape index (κ1) is 12.9. The summed E-state index contributed by atoms with van der Waals surface area (Å²) < 4.78 is 1.20. The summed E-state index contributed by atoms with van der Waals surface area (Å²) >= 11 is 2.31. The lowest BCUT2D eigenvalue weighted by Gasteiger charge is -2.15. The van der Waals surface area contributed by atoms with Crippen LogP contribution in [0, 0.1) is 3.57 Å². The Bertz CT molecular complexity index is 634. The number of rotatable bonds is 3. The van der Waals surface area contributed by atoms with Crippen molar-refractivity contribution in [2.24, 2.45) is 0 Å². The number of hydrogen-bond donors (Lipinski definition) is 1. The van der Waals surface area contributed by atoms with Gasteiger partial charge in [-0.2, -0.15) is 0 Å². The highest BCUT2D eigenvalue weighted by Gasteiger charge is 2.26. The van der Waals surface area contributed by atoms with Crippen LogP contribution < -0.4 is 5.32 Å². The highest BCUT2D eigenvalue weighted by molar-refractivity contribution is 14.1. The Morgan fingerprint density at radius 1 is 1.32 bits per heavy atom. The Kier molecular flexibility index (Phi) is 3.48.